The van der Waals surface area contributed by atoms with Crippen LogP contribution in [-0.4, -0.2) is 36.0 Å². The van der Waals surface area contributed by atoms with Crippen LogP contribution in [0.1, 0.15) is 26.7 Å². The van der Waals surface area contributed by atoms with Crippen molar-refractivity contribution in [2.75, 3.05) is 13.1 Å². The highest BCUT2D eigenvalue weighted by Crippen LogP contribution is 2.18. The van der Waals surface area contributed by atoms with Gasteiger partial charge in [0.05, 0.1) is 12.0 Å². The first-order chi connectivity index (χ1) is 7.54. The van der Waals surface area contributed by atoms with Gasteiger partial charge >= 0.3 is 5.97 Å². The second-order valence-corrected chi connectivity index (χ2v) is 4.31. The van der Waals surface area contributed by atoms with Crippen molar-refractivity contribution in [1.29, 1.82) is 0 Å². The molecule has 0 bridgehead atoms. The molecular formula is C12H19NO3. The number of hydrogen-bond donors (Lipinski definition) is 0. The van der Waals surface area contributed by atoms with Crippen molar-refractivity contribution in [3.63, 3.8) is 0 Å². The van der Waals surface area contributed by atoms with Gasteiger partial charge in [-0.3, -0.25) is 9.59 Å². The molecule has 0 spiro atoms. The Balaban J connectivity index is 2.53. The number of ether oxygens (including phenoxy) is 1. The molecule has 1 rings (SSSR count). The van der Waals surface area contributed by atoms with E-state index < -0.39 is 0 Å². The van der Waals surface area contributed by atoms with Crippen LogP contribution in [0.3, 0.4) is 0 Å². The van der Waals surface area contributed by atoms with E-state index in [9.17, 15) is 9.59 Å². The minimum atomic E-state index is -0.198. The molecule has 1 aliphatic heterocycles. The Kier molecular flexibility index (Phi) is 4.52. The molecule has 1 atom stereocenters. The first-order valence-electron chi connectivity index (χ1n) is 5.66. The van der Waals surface area contributed by atoms with Gasteiger partial charge in [-0.1, -0.05) is 6.58 Å². The third-order valence-electron chi connectivity index (χ3n) is 2.59. The van der Waals surface area contributed by atoms with Gasteiger partial charge in [-0.25, -0.2) is 0 Å². The van der Waals surface area contributed by atoms with Crippen molar-refractivity contribution >= 4 is 11.9 Å². The third kappa shape index (κ3) is 3.36. The fraction of sp³-hybridized carbons (Fsp3) is 0.667. The van der Waals surface area contributed by atoms with Gasteiger partial charge in [-0.05, 0) is 32.8 Å². The summed E-state index contributed by atoms with van der Waals surface area (Å²) in [5, 5.41) is 0. The molecule has 1 amide bonds. The normalized spacial score (nSPS) is 20.7. The summed E-state index contributed by atoms with van der Waals surface area (Å²) in [6, 6.07) is 0. The van der Waals surface area contributed by atoms with Gasteiger partial charge in [-0.15, -0.1) is 0 Å². The molecule has 4 heteroatoms. The Morgan fingerprint density at radius 2 is 2.19 bits per heavy atom. The Morgan fingerprint density at radius 1 is 1.50 bits per heavy atom. The smallest absolute Gasteiger partial charge is 0.310 e. The van der Waals surface area contributed by atoms with E-state index >= 15 is 0 Å². The quantitative estimate of drug-likeness (QED) is 0.538. The van der Waals surface area contributed by atoms with E-state index in [1.807, 2.05) is 13.8 Å². The monoisotopic (exact) mass is 225 g/mol. The summed E-state index contributed by atoms with van der Waals surface area (Å²) in [6.45, 7) is 8.26. The van der Waals surface area contributed by atoms with E-state index in [-0.39, 0.29) is 23.9 Å². The summed E-state index contributed by atoms with van der Waals surface area (Å²) in [7, 11) is 0. The number of amides is 1. The van der Waals surface area contributed by atoms with E-state index in [0.29, 0.717) is 13.1 Å². The molecule has 1 heterocycles. The lowest BCUT2D eigenvalue weighted by Crippen LogP contribution is -2.42. The average Bonchev–Trinajstić information content (AvgIpc) is 2.27. The molecule has 1 saturated heterocycles. The van der Waals surface area contributed by atoms with Crippen LogP contribution in [0.25, 0.3) is 0 Å². The van der Waals surface area contributed by atoms with Crippen LogP contribution in [0.15, 0.2) is 12.7 Å². The topological polar surface area (TPSA) is 46.6 Å². The molecular weight excluding hydrogens is 206 g/mol. The van der Waals surface area contributed by atoms with E-state index in [0.717, 1.165) is 12.8 Å². The van der Waals surface area contributed by atoms with Crippen LogP contribution in [-0.2, 0) is 14.3 Å². The third-order valence-corrected chi connectivity index (χ3v) is 2.59. The fourth-order valence-electron chi connectivity index (χ4n) is 1.83. The second kappa shape index (κ2) is 5.68. The predicted octanol–water partition coefficient (Wildman–Crippen LogP) is 1.36. The molecule has 0 aromatic heterocycles. The molecule has 0 saturated carbocycles. The number of likely N-dealkylation sites (tertiary alicyclic amines) is 1. The molecule has 0 N–H and O–H groups in total. The van der Waals surface area contributed by atoms with Crippen molar-refractivity contribution in [1.82, 2.24) is 4.90 Å². The Morgan fingerprint density at radius 3 is 2.75 bits per heavy atom. The van der Waals surface area contributed by atoms with Gasteiger partial charge < -0.3 is 9.64 Å². The molecule has 0 radical (unpaired) electrons. The number of esters is 1. The summed E-state index contributed by atoms with van der Waals surface area (Å²) >= 11 is 0. The van der Waals surface area contributed by atoms with Crippen molar-refractivity contribution < 1.29 is 14.3 Å². The average molecular weight is 225 g/mol. The number of piperidine rings is 1. The molecule has 1 fully saturated rings. The zero-order valence-corrected chi connectivity index (χ0v) is 9.94. The predicted molar refractivity (Wildman–Crippen MR) is 60.7 cm³/mol. The van der Waals surface area contributed by atoms with Crippen LogP contribution in [0, 0.1) is 5.92 Å². The van der Waals surface area contributed by atoms with Gasteiger partial charge in [-0.2, -0.15) is 0 Å². The number of nitrogens with zero attached hydrogens (tertiary/aromatic N) is 1. The Hall–Kier alpha value is -1.32. The first kappa shape index (κ1) is 12.7. The maximum absolute atomic E-state index is 11.7. The zero-order valence-electron chi connectivity index (χ0n) is 9.94. The lowest BCUT2D eigenvalue weighted by molar-refractivity contribution is -0.154. The van der Waals surface area contributed by atoms with Gasteiger partial charge in [0.15, 0.2) is 0 Å². The summed E-state index contributed by atoms with van der Waals surface area (Å²) in [5.41, 5.74) is 0. The first-order valence-corrected chi connectivity index (χ1v) is 5.66. The largest absolute Gasteiger partial charge is 0.463 e. The maximum Gasteiger partial charge on any atom is 0.310 e. The lowest BCUT2D eigenvalue weighted by Gasteiger charge is -2.31. The van der Waals surface area contributed by atoms with Crippen molar-refractivity contribution in [2.24, 2.45) is 5.92 Å². The minimum absolute atomic E-state index is 0.0991. The fourth-order valence-corrected chi connectivity index (χ4v) is 1.83. The highest BCUT2D eigenvalue weighted by atomic mass is 16.5. The molecule has 90 valence electrons. The molecule has 16 heavy (non-hydrogen) atoms. The highest BCUT2D eigenvalue weighted by Gasteiger charge is 2.28. The van der Waals surface area contributed by atoms with E-state index in [1.165, 1.54) is 6.08 Å². The summed E-state index contributed by atoms with van der Waals surface area (Å²) < 4.78 is 5.15. The SMILES string of the molecule is C=CC(=O)N1CCCC(C(=O)OC(C)C)C1. The van der Waals surface area contributed by atoms with Crippen LogP contribution in [0.5, 0.6) is 0 Å². The van der Waals surface area contributed by atoms with E-state index in [1.54, 1.807) is 4.90 Å². The van der Waals surface area contributed by atoms with Crippen LogP contribution in [0.4, 0.5) is 0 Å². The van der Waals surface area contributed by atoms with Gasteiger partial charge in [0, 0.05) is 13.1 Å². The molecule has 4 nitrogen and oxygen atoms in total. The number of carbonyl (C=O) groups is 2. The Bertz CT molecular complexity index is 286. The zero-order chi connectivity index (χ0) is 12.1. The summed E-state index contributed by atoms with van der Waals surface area (Å²) in [5.74, 6) is -0.487. The summed E-state index contributed by atoms with van der Waals surface area (Å²) in [6.07, 6.45) is 2.83. The highest BCUT2D eigenvalue weighted by molar-refractivity contribution is 5.87. The molecule has 0 aromatic carbocycles. The number of hydrogen-bond acceptors (Lipinski definition) is 3. The molecule has 0 aromatic rings. The van der Waals surface area contributed by atoms with Crippen molar-refractivity contribution in [3.05, 3.63) is 12.7 Å². The van der Waals surface area contributed by atoms with E-state index in [2.05, 4.69) is 6.58 Å². The van der Waals surface area contributed by atoms with Gasteiger partial charge in [0.2, 0.25) is 5.91 Å². The second-order valence-electron chi connectivity index (χ2n) is 4.31. The van der Waals surface area contributed by atoms with E-state index in [4.69, 9.17) is 4.74 Å². The molecule has 1 aliphatic rings. The molecule has 1 unspecified atom stereocenters. The van der Waals surface area contributed by atoms with Crippen LogP contribution >= 0.6 is 0 Å². The number of carbonyl (C=O) groups excluding carboxylic acids is 2. The standard InChI is InChI=1S/C12H19NO3/c1-4-11(14)13-7-5-6-10(8-13)12(15)16-9(2)3/h4,9-10H,1,5-8H2,2-3H3. The van der Waals surface area contributed by atoms with Gasteiger partial charge in [0.1, 0.15) is 0 Å². The number of rotatable bonds is 3. The van der Waals surface area contributed by atoms with Crippen molar-refractivity contribution in [3.8, 4) is 0 Å². The minimum Gasteiger partial charge on any atom is -0.463 e. The molecule has 0 aliphatic carbocycles. The maximum atomic E-state index is 11.7. The summed E-state index contributed by atoms with van der Waals surface area (Å²) in [4.78, 5) is 24.7. The van der Waals surface area contributed by atoms with Crippen LogP contribution in [0.2, 0.25) is 0 Å². The van der Waals surface area contributed by atoms with Gasteiger partial charge in [0.25, 0.3) is 0 Å². The lowest BCUT2D eigenvalue weighted by atomic mass is 9.98. The van der Waals surface area contributed by atoms with Crippen molar-refractivity contribution in [2.45, 2.75) is 32.8 Å². The van der Waals surface area contributed by atoms with Crippen LogP contribution < -0.4 is 0 Å². The Labute approximate surface area is 96.3 Å².